The maximum absolute atomic E-state index is 14.2. The number of ether oxygens (including phenoxy) is 3. The third-order valence-corrected chi connectivity index (χ3v) is 11.9. The molecule has 6 rings (SSSR count). The van der Waals surface area contributed by atoms with Gasteiger partial charge in [0.25, 0.3) is 0 Å². The molecule has 2 aromatic rings. The van der Waals surface area contributed by atoms with Crippen LogP contribution in [0.2, 0.25) is 0 Å². The first-order chi connectivity index (χ1) is 23.7. The van der Waals surface area contributed by atoms with Gasteiger partial charge in [-0.15, -0.1) is 0 Å². The van der Waals surface area contributed by atoms with E-state index in [-0.39, 0.29) is 42.1 Å². The Morgan fingerprint density at radius 1 is 0.902 bits per heavy atom. The second-order valence-electron chi connectivity index (χ2n) is 16.7. The first-order valence-electron chi connectivity index (χ1n) is 18.1. The quantitative estimate of drug-likeness (QED) is 0.362. The molecule has 5 heterocycles. The summed E-state index contributed by atoms with van der Waals surface area (Å²) in [7, 11) is -3.12. The first-order valence-corrected chi connectivity index (χ1v) is 19.9. The second-order valence-corrected chi connectivity index (χ2v) is 19.0. The lowest BCUT2D eigenvalue weighted by Gasteiger charge is -2.43. The molecule has 0 aliphatic carbocycles. The lowest BCUT2D eigenvalue weighted by molar-refractivity contribution is 0.0229. The van der Waals surface area contributed by atoms with Crippen LogP contribution >= 0.6 is 0 Å². The Labute approximate surface area is 302 Å². The molecule has 1 aromatic carbocycles. The SMILES string of the molecule is Cc1cc(C2CCN([C@@]3(C)CCN(C(=O)OC(C)(C)C)C3)CC2)cc2c1O[C@H](C)c1c(N3CCS(=O)(=O)CC3)ncnc1N2C(=O)OC(C)(C)C. The number of aryl methyl sites for hydroxylation is 1. The summed E-state index contributed by atoms with van der Waals surface area (Å²) < 4.78 is 42.8. The summed E-state index contributed by atoms with van der Waals surface area (Å²) in [4.78, 5) is 44.1. The molecule has 4 aliphatic rings. The number of likely N-dealkylation sites (tertiary alicyclic amines) is 2. The van der Waals surface area contributed by atoms with Crippen LogP contribution in [0.5, 0.6) is 5.75 Å². The molecule has 1 aromatic heterocycles. The van der Waals surface area contributed by atoms with E-state index in [1.165, 1.54) is 11.2 Å². The Morgan fingerprint density at radius 3 is 2.14 bits per heavy atom. The van der Waals surface area contributed by atoms with E-state index in [9.17, 15) is 18.0 Å². The van der Waals surface area contributed by atoms with Gasteiger partial charge in [0, 0.05) is 31.7 Å². The van der Waals surface area contributed by atoms with Crippen LogP contribution in [0.1, 0.15) is 103 Å². The van der Waals surface area contributed by atoms with Crippen molar-refractivity contribution < 1.29 is 32.2 Å². The van der Waals surface area contributed by atoms with Gasteiger partial charge in [-0.1, -0.05) is 6.07 Å². The van der Waals surface area contributed by atoms with E-state index in [2.05, 4.69) is 27.9 Å². The number of benzene rings is 1. The highest BCUT2D eigenvalue weighted by atomic mass is 32.2. The Bertz CT molecular complexity index is 1770. The van der Waals surface area contributed by atoms with E-state index >= 15 is 0 Å². The summed E-state index contributed by atoms with van der Waals surface area (Å²) in [6, 6.07) is 4.21. The topological polar surface area (TPSA) is 135 Å². The molecule has 3 saturated heterocycles. The molecule has 0 saturated carbocycles. The number of piperidine rings is 1. The van der Waals surface area contributed by atoms with Gasteiger partial charge in [-0.3, -0.25) is 4.90 Å². The number of hydrogen-bond acceptors (Lipinski definition) is 11. The molecule has 0 N–H and O–H groups in total. The van der Waals surface area contributed by atoms with Gasteiger partial charge in [0.15, 0.2) is 15.7 Å². The van der Waals surface area contributed by atoms with Crippen LogP contribution in [0.3, 0.4) is 0 Å². The van der Waals surface area contributed by atoms with Gasteiger partial charge in [0.1, 0.15) is 35.2 Å². The van der Waals surface area contributed by atoms with Crippen LogP contribution in [0.15, 0.2) is 18.5 Å². The zero-order chi connectivity index (χ0) is 37.1. The lowest BCUT2D eigenvalue weighted by atomic mass is 9.85. The van der Waals surface area contributed by atoms with Crippen molar-refractivity contribution in [3.8, 4) is 5.75 Å². The Kier molecular flexibility index (Phi) is 9.75. The van der Waals surface area contributed by atoms with Crippen LogP contribution in [0.25, 0.3) is 0 Å². The molecule has 0 bridgehead atoms. The van der Waals surface area contributed by atoms with E-state index in [0.29, 0.717) is 41.7 Å². The molecule has 14 heteroatoms. The summed E-state index contributed by atoms with van der Waals surface area (Å²) in [5.41, 5.74) is 1.75. The Hall–Kier alpha value is -3.65. The van der Waals surface area contributed by atoms with E-state index in [1.807, 2.05) is 71.3 Å². The van der Waals surface area contributed by atoms with Crippen molar-refractivity contribution in [2.45, 2.75) is 110 Å². The van der Waals surface area contributed by atoms with E-state index in [1.54, 1.807) is 0 Å². The molecule has 280 valence electrons. The highest BCUT2D eigenvalue weighted by Gasteiger charge is 2.44. The number of aromatic nitrogens is 2. The Morgan fingerprint density at radius 2 is 1.51 bits per heavy atom. The second kappa shape index (κ2) is 13.4. The van der Waals surface area contributed by atoms with Crippen molar-refractivity contribution in [1.29, 1.82) is 0 Å². The molecule has 3 fully saturated rings. The van der Waals surface area contributed by atoms with Gasteiger partial charge in [-0.2, -0.15) is 0 Å². The molecule has 51 heavy (non-hydrogen) atoms. The van der Waals surface area contributed by atoms with Crippen molar-refractivity contribution in [3.63, 3.8) is 0 Å². The minimum absolute atomic E-state index is 0.0272. The van der Waals surface area contributed by atoms with Crippen LogP contribution in [0.4, 0.5) is 26.9 Å². The number of rotatable bonds is 3. The number of anilines is 3. The number of hydrogen-bond donors (Lipinski definition) is 0. The smallest absolute Gasteiger partial charge is 0.420 e. The molecule has 2 atom stereocenters. The van der Waals surface area contributed by atoms with Gasteiger partial charge in [0.2, 0.25) is 0 Å². The average molecular weight is 727 g/mol. The number of nitrogens with zero attached hydrogens (tertiary/aromatic N) is 6. The van der Waals surface area contributed by atoms with E-state index in [4.69, 9.17) is 14.2 Å². The predicted octanol–water partition coefficient (Wildman–Crippen LogP) is 6.13. The molecule has 0 unspecified atom stereocenters. The highest BCUT2D eigenvalue weighted by Crippen LogP contribution is 2.49. The number of sulfone groups is 1. The van der Waals surface area contributed by atoms with E-state index in [0.717, 1.165) is 43.5 Å². The first kappa shape index (κ1) is 37.1. The van der Waals surface area contributed by atoms with Gasteiger partial charge in [0.05, 0.1) is 22.8 Å². The van der Waals surface area contributed by atoms with Crippen molar-refractivity contribution >= 4 is 39.3 Å². The lowest BCUT2D eigenvalue weighted by Crippen LogP contribution is -2.52. The van der Waals surface area contributed by atoms with Gasteiger partial charge >= 0.3 is 12.2 Å². The molecule has 13 nitrogen and oxygen atoms in total. The zero-order valence-electron chi connectivity index (χ0n) is 31.6. The molecule has 4 aliphatic heterocycles. The summed E-state index contributed by atoms with van der Waals surface area (Å²) in [5, 5.41) is 0. The van der Waals surface area contributed by atoms with Crippen molar-refractivity contribution in [2.24, 2.45) is 0 Å². The molecule has 0 spiro atoms. The zero-order valence-corrected chi connectivity index (χ0v) is 32.4. The van der Waals surface area contributed by atoms with Crippen LogP contribution in [-0.4, -0.2) is 108 Å². The van der Waals surface area contributed by atoms with Gasteiger partial charge in [-0.05, 0) is 118 Å². The van der Waals surface area contributed by atoms with Gasteiger partial charge < -0.3 is 24.0 Å². The van der Waals surface area contributed by atoms with Gasteiger partial charge in [-0.25, -0.2) is 32.9 Å². The average Bonchev–Trinajstić information content (AvgIpc) is 3.38. The number of fused-ring (bicyclic) bond motifs is 2. The summed E-state index contributed by atoms with van der Waals surface area (Å²) >= 11 is 0. The fraction of sp³-hybridized carbons (Fsp3) is 0.676. The predicted molar refractivity (Wildman–Crippen MR) is 196 cm³/mol. The fourth-order valence-electron chi connectivity index (χ4n) is 7.71. The number of carbonyl (C=O) groups is 2. The normalized spacial score (nSPS) is 24.3. The maximum atomic E-state index is 14.2. The van der Waals surface area contributed by atoms with Crippen LogP contribution < -0.4 is 14.5 Å². The molecule has 2 amide bonds. The minimum atomic E-state index is -3.12. The van der Waals surface area contributed by atoms with Crippen LogP contribution in [-0.2, 0) is 19.3 Å². The summed E-state index contributed by atoms with van der Waals surface area (Å²) in [6.45, 7) is 21.0. The fourth-order valence-corrected chi connectivity index (χ4v) is 8.91. The largest absolute Gasteiger partial charge is 0.483 e. The number of carbonyl (C=O) groups excluding carboxylic acids is 2. The Balaban J connectivity index is 1.29. The summed E-state index contributed by atoms with van der Waals surface area (Å²) in [6.07, 6.45) is 2.79. The van der Waals surface area contributed by atoms with Crippen molar-refractivity contribution in [3.05, 3.63) is 35.2 Å². The molecule has 0 radical (unpaired) electrons. The van der Waals surface area contributed by atoms with Crippen molar-refractivity contribution in [2.75, 3.05) is 60.6 Å². The molecular formula is C37H54N6O7S. The third-order valence-electron chi connectivity index (χ3n) is 10.3. The van der Waals surface area contributed by atoms with Crippen LogP contribution in [0, 0.1) is 6.92 Å². The third kappa shape index (κ3) is 7.91. The summed E-state index contributed by atoms with van der Waals surface area (Å²) in [5.74, 6) is 1.79. The van der Waals surface area contributed by atoms with E-state index < -0.39 is 33.2 Å². The highest BCUT2D eigenvalue weighted by molar-refractivity contribution is 7.91. The standard InChI is InChI=1S/C37H54N6O7S/c1-24-20-27(26-10-13-42(14-11-26)37(9)12-15-41(22-37)33(44)49-35(3,4)5)21-28-30(24)48-25(2)29-31(40-16-18-51(46,47)19-17-40)38-23-39-32(29)43(28)34(45)50-36(6,7)8/h20-21,23,25-26H,10-19,22H2,1-9H3/t25-,37+/m1/s1. The maximum Gasteiger partial charge on any atom is 0.420 e. The monoisotopic (exact) mass is 726 g/mol. The number of amides is 2. The molecular weight excluding hydrogens is 673 g/mol. The van der Waals surface area contributed by atoms with Crippen molar-refractivity contribution in [1.82, 2.24) is 19.8 Å². The minimum Gasteiger partial charge on any atom is -0.483 e.